The van der Waals surface area contributed by atoms with Gasteiger partial charge in [0, 0.05) is 25.7 Å². The van der Waals surface area contributed by atoms with Gasteiger partial charge in [0.25, 0.3) is 0 Å². The molecule has 1 aliphatic rings. The van der Waals surface area contributed by atoms with Crippen LogP contribution in [0.5, 0.6) is 0 Å². The first-order chi connectivity index (χ1) is 8.35. The number of carbonyl (C=O) groups is 1. The molecule has 1 saturated heterocycles. The molecule has 4 heteroatoms. The average molecular weight is 256 g/mol. The molecule has 1 atom stereocenters. The van der Waals surface area contributed by atoms with Crippen LogP contribution < -0.4 is 5.32 Å². The fourth-order valence-electron chi connectivity index (χ4n) is 2.29. The topological polar surface area (TPSA) is 41.6 Å². The van der Waals surface area contributed by atoms with Gasteiger partial charge in [0.05, 0.1) is 12.0 Å². The van der Waals surface area contributed by atoms with Crippen molar-refractivity contribution in [2.24, 2.45) is 0 Å². The third-order valence-electron chi connectivity index (χ3n) is 3.65. The Labute approximate surface area is 111 Å². The zero-order valence-corrected chi connectivity index (χ0v) is 12.5. The van der Waals surface area contributed by atoms with E-state index in [1.54, 1.807) is 7.11 Å². The van der Waals surface area contributed by atoms with Gasteiger partial charge in [-0.05, 0) is 47.1 Å². The standard InChI is InChI=1S/C14H28N2O2/c1-11(2)16(10-12-7-6-8-15-12)13(17)9-14(3,4)18-5/h11-12,15H,6-10H2,1-5H3. The molecule has 1 amide bonds. The summed E-state index contributed by atoms with van der Waals surface area (Å²) < 4.78 is 5.35. The smallest absolute Gasteiger partial charge is 0.225 e. The van der Waals surface area contributed by atoms with Crippen molar-refractivity contribution in [2.75, 3.05) is 20.2 Å². The molecule has 0 saturated carbocycles. The summed E-state index contributed by atoms with van der Waals surface area (Å²) in [4.78, 5) is 14.3. The number of nitrogens with one attached hydrogen (secondary N) is 1. The van der Waals surface area contributed by atoms with E-state index in [-0.39, 0.29) is 17.6 Å². The normalized spacial score (nSPS) is 20.4. The SMILES string of the molecule is COC(C)(C)CC(=O)N(CC1CCCN1)C(C)C. The maximum atomic E-state index is 12.4. The van der Waals surface area contributed by atoms with Gasteiger partial charge in [-0.25, -0.2) is 0 Å². The van der Waals surface area contributed by atoms with Crippen LogP contribution in [0.3, 0.4) is 0 Å². The molecule has 106 valence electrons. The van der Waals surface area contributed by atoms with Crippen LogP contribution in [-0.4, -0.2) is 48.7 Å². The maximum Gasteiger partial charge on any atom is 0.225 e. The third-order valence-corrected chi connectivity index (χ3v) is 3.65. The van der Waals surface area contributed by atoms with E-state index in [0.29, 0.717) is 12.5 Å². The fraction of sp³-hybridized carbons (Fsp3) is 0.929. The first kappa shape index (κ1) is 15.4. The van der Waals surface area contributed by atoms with Crippen LogP contribution in [0.4, 0.5) is 0 Å². The van der Waals surface area contributed by atoms with Crippen molar-refractivity contribution in [3.05, 3.63) is 0 Å². The monoisotopic (exact) mass is 256 g/mol. The van der Waals surface area contributed by atoms with Gasteiger partial charge in [-0.3, -0.25) is 4.79 Å². The Morgan fingerprint density at radius 1 is 1.50 bits per heavy atom. The Morgan fingerprint density at radius 2 is 2.17 bits per heavy atom. The van der Waals surface area contributed by atoms with Crippen LogP contribution in [-0.2, 0) is 9.53 Å². The lowest BCUT2D eigenvalue weighted by Crippen LogP contribution is -2.46. The van der Waals surface area contributed by atoms with E-state index < -0.39 is 0 Å². The van der Waals surface area contributed by atoms with Gasteiger partial charge in [0.1, 0.15) is 0 Å². The Kier molecular flexibility index (Phi) is 5.60. The van der Waals surface area contributed by atoms with Crippen LogP contribution in [0, 0.1) is 0 Å². The summed E-state index contributed by atoms with van der Waals surface area (Å²) in [6, 6.07) is 0.703. The second-order valence-corrected chi connectivity index (χ2v) is 6.07. The Hall–Kier alpha value is -0.610. The maximum absolute atomic E-state index is 12.4. The number of nitrogens with zero attached hydrogens (tertiary/aromatic N) is 1. The minimum Gasteiger partial charge on any atom is -0.378 e. The van der Waals surface area contributed by atoms with Gasteiger partial charge in [-0.15, -0.1) is 0 Å². The first-order valence-corrected chi connectivity index (χ1v) is 6.94. The zero-order chi connectivity index (χ0) is 13.8. The zero-order valence-electron chi connectivity index (χ0n) is 12.5. The Morgan fingerprint density at radius 3 is 2.61 bits per heavy atom. The minimum absolute atomic E-state index is 0.186. The molecule has 18 heavy (non-hydrogen) atoms. The number of carbonyl (C=O) groups excluding carboxylic acids is 1. The van der Waals surface area contributed by atoms with E-state index in [4.69, 9.17) is 4.74 Å². The Balaban J connectivity index is 2.57. The van der Waals surface area contributed by atoms with E-state index in [1.807, 2.05) is 18.7 Å². The van der Waals surface area contributed by atoms with Gasteiger partial charge in [0.15, 0.2) is 0 Å². The molecule has 0 aromatic rings. The molecule has 4 nitrogen and oxygen atoms in total. The molecule has 1 rings (SSSR count). The molecular weight excluding hydrogens is 228 g/mol. The summed E-state index contributed by atoms with van der Waals surface area (Å²) in [5.41, 5.74) is -0.382. The second kappa shape index (κ2) is 6.53. The highest BCUT2D eigenvalue weighted by atomic mass is 16.5. The van der Waals surface area contributed by atoms with E-state index in [9.17, 15) is 4.79 Å². The number of ether oxygens (including phenoxy) is 1. The summed E-state index contributed by atoms with van der Waals surface area (Å²) in [6.07, 6.45) is 2.83. The number of hydrogen-bond donors (Lipinski definition) is 1. The van der Waals surface area contributed by atoms with Crippen LogP contribution in [0.1, 0.15) is 47.0 Å². The lowest BCUT2D eigenvalue weighted by molar-refractivity contribution is -0.138. The lowest BCUT2D eigenvalue weighted by atomic mass is 10.0. The van der Waals surface area contributed by atoms with Gasteiger partial charge in [-0.2, -0.15) is 0 Å². The molecule has 0 aliphatic carbocycles. The van der Waals surface area contributed by atoms with Gasteiger partial charge in [0.2, 0.25) is 5.91 Å². The van der Waals surface area contributed by atoms with Crippen molar-refractivity contribution in [3.63, 3.8) is 0 Å². The molecule has 1 N–H and O–H groups in total. The summed E-state index contributed by atoms with van der Waals surface area (Å²) in [6.45, 7) is 9.96. The summed E-state index contributed by atoms with van der Waals surface area (Å²) in [5.74, 6) is 0.186. The van der Waals surface area contributed by atoms with E-state index >= 15 is 0 Å². The molecular formula is C14H28N2O2. The molecule has 0 radical (unpaired) electrons. The Bertz CT molecular complexity index is 271. The number of rotatable bonds is 6. The van der Waals surface area contributed by atoms with Gasteiger partial charge < -0.3 is 15.0 Å². The summed E-state index contributed by atoms with van der Waals surface area (Å²) in [7, 11) is 1.66. The number of amides is 1. The molecule has 1 aliphatic heterocycles. The van der Waals surface area contributed by atoms with Crippen LogP contribution in [0.2, 0.25) is 0 Å². The van der Waals surface area contributed by atoms with E-state index in [2.05, 4.69) is 19.2 Å². The van der Waals surface area contributed by atoms with Crippen molar-refractivity contribution >= 4 is 5.91 Å². The predicted molar refractivity (Wildman–Crippen MR) is 73.6 cm³/mol. The third kappa shape index (κ3) is 4.58. The van der Waals surface area contributed by atoms with Crippen molar-refractivity contribution in [2.45, 2.75) is 64.6 Å². The van der Waals surface area contributed by atoms with E-state index in [1.165, 1.54) is 12.8 Å². The first-order valence-electron chi connectivity index (χ1n) is 6.94. The highest BCUT2D eigenvalue weighted by molar-refractivity contribution is 5.77. The van der Waals surface area contributed by atoms with E-state index in [0.717, 1.165) is 13.1 Å². The summed E-state index contributed by atoms with van der Waals surface area (Å²) >= 11 is 0. The minimum atomic E-state index is -0.382. The quantitative estimate of drug-likeness (QED) is 0.788. The molecule has 1 unspecified atom stereocenters. The number of methoxy groups -OCH3 is 1. The lowest BCUT2D eigenvalue weighted by Gasteiger charge is -2.32. The molecule has 0 spiro atoms. The van der Waals surface area contributed by atoms with Crippen molar-refractivity contribution in [3.8, 4) is 0 Å². The fourth-order valence-corrected chi connectivity index (χ4v) is 2.29. The molecule has 0 aromatic heterocycles. The second-order valence-electron chi connectivity index (χ2n) is 6.07. The highest BCUT2D eigenvalue weighted by Crippen LogP contribution is 2.17. The van der Waals surface area contributed by atoms with Crippen LogP contribution in [0.15, 0.2) is 0 Å². The van der Waals surface area contributed by atoms with Crippen molar-refractivity contribution < 1.29 is 9.53 Å². The molecule has 1 fully saturated rings. The predicted octanol–water partition coefficient (Wildman–Crippen LogP) is 1.79. The van der Waals surface area contributed by atoms with Crippen molar-refractivity contribution in [1.29, 1.82) is 0 Å². The molecule has 0 aromatic carbocycles. The van der Waals surface area contributed by atoms with Crippen molar-refractivity contribution in [1.82, 2.24) is 10.2 Å². The average Bonchev–Trinajstić information content (AvgIpc) is 2.77. The summed E-state index contributed by atoms with van der Waals surface area (Å²) in [5, 5.41) is 3.45. The molecule has 1 heterocycles. The highest BCUT2D eigenvalue weighted by Gasteiger charge is 2.28. The van der Waals surface area contributed by atoms with Gasteiger partial charge in [-0.1, -0.05) is 0 Å². The largest absolute Gasteiger partial charge is 0.378 e. The number of hydrogen-bond acceptors (Lipinski definition) is 3. The van der Waals surface area contributed by atoms with Crippen LogP contribution >= 0.6 is 0 Å². The van der Waals surface area contributed by atoms with Crippen LogP contribution in [0.25, 0.3) is 0 Å². The molecule has 0 bridgehead atoms. The van der Waals surface area contributed by atoms with Gasteiger partial charge >= 0.3 is 0 Å².